The molecule has 1 rings (SSSR count). The van der Waals surface area contributed by atoms with Crippen LogP contribution in [0.4, 0.5) is 0 Å². The van der Waals surface area contributed by atoms with Crippen molar-refractivity contribution in [2.24, 2.45) is 0 Å². The molecule has 15 heavy (non-hydrogen) atoms. The predicted molar refractivity (Wildman–Crippen MR) is 58.9 cm³/mol. The molecule has 1 aromatic heterocycles. The molecule has 0 bridgehead atoms. The van der Waals surface area contributed by atoms with Gasteiger partial charge in [0, 0.05) is 6.54 Å². The van der Waals surface area contributed by atoms with Crippen molar-refractivity contribution in [2.45, 2.75) is 26.2 Å². The molecule has 4 nitrogen and oxygen atoms in total. The summed E-state index contributed by atoms with van der Waals surface area (Å²) >= 11 is 5.62. The van der Waals surface area contributed by atoms with Gasteiger partial charge in [-0.1, -0.05) is 31.4 Å². The third-order valence-corrected chi connectivity index (χ3v) is 2.09. The van der Waals surface area contributed by atoms with Crippen LogP contribution < -0.4 is 5.32 Å². The molecule has 0 saturated carbocycles. The van der Waals surface area contributed by atoms with E-state index in [9.17, 15) is 4.79 Å². The van der Waals surface area contributed by atoms with E-state index in [0.717, 1.165) is 19.3 Å². The molecule has 1 amide bonds. The van der Waals surface area contributed by atoms with Gasteiger partial charge in [-0.2, -0.15) is 0 Å². The number of nitrogens with one attached hydrogen (secondary N) is 1. The van der Waals surface area contributed by atoms with Crippen molar-refractivity contribution in [3.63, 3.8) is 0 Å². The Bertz CT molecular complexity index is 330. The number of hydrogen-bond donors (Lipinski definition) is 1. The Morgan fingerprint density at radius 1 is 1.47 bits per heavy atom. The molecule has 0 fully saturated rings. The molecule has 0 aliphatic carbocycles. The quantitative estimate of drug-likeness (QED) is 0.784. The van der Waals surface area contributed by atoms with Crippen LogP contribution in [-0.2, 0) is 0 Å². The molecule has 0 radical (unpaired) electrons. The molecule has 0 saturated heterocycles. The van der Waals surface area contributed by atoms with Crippen LogP contribution in [-0.4, -0.2) is 22.4 Å². The highest BCUT2D eigenvalue weighted by Crippen LogP contribution is 2.02. The van der Waals surface area contributed by atoms with Gasteiger partial charge in [0.25, 0.3) is 5.91 Å². The lowest BCUT2D eigenvalue weighted by atomic mass is 10.2. The van der Waals surface area contributed by atoms with E-state index in [4.69, 9.17) is 11.6 Å². The van der Waals surface area contributed by atoms with E-state index in [0.29, 0.717) is 6.54 Å². The monoisotopic (exact) mass is 227 g/mol. The highest BCUT2D eigenvalue weighted by molar-refractivity contribution is 6.29. The summed E-state index contributed by atoms with van der Waals surface area (Å²) in [6.07, 6.45) is 6.03. The zero-order valence-electron chi connectivity index (χ0n) is 8.66. The Kier molecular flexibility index (Phi) is 5.04. The minimum absolute atomic E-state index is 0.221. The molecule has 0 aliphatic rings. The Balaban J connectivity index is 2.40. The number of nitrogens with zero attached hydrogens (tertiary/aromatic N) is 2. The third kappa shape index (κ3) is 4.25. The van der Waals surface area contributed by atoms with Crippen LogP contribution in [0.5, 0.6) is 0 Å². The summed E-state index contributed by atoms with van der Waals surface area (Å²) in [5, 5.41) is 2.99. The molecule has 5 heteroatoms. The maximum Gasteiger partial charge on any atom is 0.271 e. The summed E-state index contributed by atoms with van der Waals surface area (Å²) in [6, 6.07) is 0. The number of hydrogen-bond acceptors (Lipinski definition) is 3. The largest absolute Gasteiger partial charge is 0.351 e. The Morgan fingerprint density at radius 3 is 2.93 bits per heavy atom. The van der Waals surface area contributed by atoms with Crippen molar-refractivity contribution < 1.29 is 4.79 Å². The lowest BCUT2D eigenvalue weighted by Gasteiger charge is -2.03. The van der Waals surface area contributed by atoms with Crippen molar-refractivity contribution in [2.75, 3.05) is 6.54 Å². The topological polar surface area (TPSA) is 54.9 Å². The van der Waals surface area contributed by atoms with Gasteiger partial charge in [-0.15, -0.1) is 0 Å². The molecule has 1 aromatic rings. The highest BCUT2D eigenvalue weighted by atomic mass is 35.5. The summed E-state index contributed by atoms with van der Waals surface area (Å²) in [5.74, 6) is -0.221. The number of rotatable bonds is 5. The number of amides is 1. The van der Waals surface area contributed by atoms with Crippen molar-refractivity contribution in [1.29, 1.82) is 0 Å². The molecule has 0 aromatic carbocycles. The van der Waals surface area contributed by atoms with E-state index < -0.39 is 0 Å². The van der Waals surface area contributed by atoms with Gasteiger partial charge in [-0.05, 0) is 6.42 Å². The maximum atomic E-state index is 11.5. The van der Waals surface area contributed by atoms with Gasteiger partial charge in [-0.3, -0.25) is 9.78 Å². The van der Waals surface area contributed by atoms with Gasteiger partial charge in [0.2, 0.25) is 0 Å². The molecule has 0 unspecified atom stereocenters. The standard InChI is InChI=1S/C10H14ClN3O/c1-2-3-4-5-13-10(15)8-6-12-7-9(11)14-8/h6-7H,2-5H2,1H3,(H,13,15). The van der Waals surface area contributed by atoms with Gasteiger partial charge in [0.05, 0.1) is 12.4 Å². The van der Waals surface area contributed by atoms with Crippen LogP contribution in [0.2, 0.25) is 5.15 Å². The summed E-state index contributed by atoms with van der Waals surface area (Å²) in [6.45, 7) is 2.78. The smallest absolute Gasteiger partial charge is 0.271 e. The summed E-state index contributed by atoms with van der Waals surface area (Å²) in [7, 11) is 0. The van der Waals surface area contributed by atoms with Gasteiger partial charge < -0.3 is 5.32 Å². The molecule has 1 heterocycles. The molecular weight excluding hydrogens is 214 g/mol. The van der Waals surface area contributed by atoms with Crippen molar-refractivity contribution in [3.8, 4) is 0 Å². The predicted octanol–water partition coefficient (Wildman–Crippen LogP) is 2.05. The van der Waals surface area contributed by atoms with E-state index >= 15 is 0 Å². The van der Waals surface area contributed by atoms with E-state index in [2.05, 4.69) is 22.2 Å². The van der Waals surface area contributed by atoms with Gasteiger partial charge in [0.1, 0.15) is 10.8 Å². The summed E-state index contributed by atoms with van der Waals surface area (Å²) in [5.41, 5.74) is 0.263. The normalized spacial score (nSPS) is 10.0. The minimum atomic E-state index is -0.221. The molecule has 82 valence electrons. The Hall–Kier alpha value is -1.16. The molecule has 0 atom stereocenters. The first kappa shape index (κ1) is 11.9. The summed E-state index contributed by atoms with van der Waals surface area (Å²) in [4.78, 5) is 19.1. The minimum Gasteiger partial charge on any atom is -0.351 e. The first-order valence-corrected chi connectivity index (χ1v) is 5.37. The fourth-order valence-corrected chi connectivity index (χ4v) is 1.27. The lowest BCUT2D eigenvalue weighted by molar-refractivity contribution is 0.0947. The van der Waals surface area contributed by atoms with Crippen LogP contribution in [0.3, 0.4) is 0 Å². The fourth-order valence-electron chi connectivity index (χ4n) is 1.12. The first-order chi connectivity index (χ1) is 7.24. The molecule has 0 spiro atoms. The number of carbonyl (C=O) groups excluding carboxylic acids is 1. The van der Waals surface area contributed by atoms with Crippen LogP contribution in [0.1, 0.15) is 36.7 Å². The fraction of sp³-hybridized carbons (Fsp3) is 0.500. The average Bonchev–Trinajstić information content (AvgIpc) is 2.24. The second-order valence-corrected chi connectivity index (χ2v) is 3.58. The van der Waals surface area contributed by atoms with Crippen LogP contribution in [0.25, 0.3) is 0 Å². The van der Waals surface area contributed by atoms with Gasteiger partial charge >= 0.3 is 0 Å². The van der Waals surface area contributed by atoms with Crippen molar-refractivity contribution in [1.82, 2.24) is 15.3 Å². The lowest BCUT2D eigenvalue weighted by Crippen LogP contribution is -2.25. The third-order valence-electron chi connectivity index (χ3n) is 1.90. The molecular formula is C10H14ClN3O. The van der Waals surface area contributed by atoms with Crippen molar-refractivity contribution in [3.05, 3.63) is 23.2 Å². The summed E-state index contributed by atoms with van der Waals surface area (Å²) < 4.78 is 0. The average molecular weight is 228 g/mol. The van der Waals surface area contributed by atoms with Crippen LogP contribution in [0.15, 0.2) is 12.4 Å². The van der Waals surface area contributed by atoms with E-state index in [-0.39, 0.29) is 16.8 Å². The highest BCUT2D eigenvalue weighted by Gasteiger charge is 2.06. The van der Waals surface area contributed by atoms with Crippen molar-refractivity contribution >= 4 is 17.5 Å². The van der Waals surface area contributed by atoms with Gasteiger partial charge in [-0.25, -0.2) is 4.98 Å². The molecule has 1 N–H and O–H groups in total. The number of unbranched alkanes of at least 4 members (excludes halogenated alkanes) is 2. The zero-order chi connectivity index (χ0) is 11.1. The Labute approximate surface area is 94.1 Å². The first-order valence-electron chi connectivity index (χ1n) is 4.99. The SMILES string of the molecule is CCCCCNC(=O)c1cncc(Cl)n1. The number of aromatic nitrogens is 2. The molecule has 0 aliphatic heterocycles. The second kappa shape index (κ2) is 6.35. The van der Waals surface area contributed by atoms with E-state index in [1.165, 1.54) is 12.4 Å². The number of halogens is 1. The number of carbonyl (C=O) groups is 1. The zero-order valence-corrected chi connectivity index (χ0v) is 9.42. The van der Waals surface area contributed by atoms with E-state index in [1.807, 2.05) is 0 Å². The van der Waals surface area contributed by atoms with Crippen LogP contribution >= 0.6 is 11.6 Å². The maximum absolute atomic E-state index is 11.5. The van der Waals surface area contributed by atoms with Gasteiger partial charge in [0.15, 0.2) is 0 Å². The van der Waals surface area contributed by atoms with Crippen LogP contribution in [0, 0.1) is 0 Å². The Morgan fingerprint density at radius 2 is 2.27 bits per heavy atom. The second-order valence-electron chi connectivity index (χ2n) is 3.19. The van der Waals surface area contributed by atoms with E-state index in [1.54, 1.807) is 0 Å².